The van der Waals surface area contributed by atoms with Crippen LogP contribution in [0.2, 0.25) is 0 Å². The third-order valence-corrected chi connectivity index (χ3v) is 6.62. The summed E-state index contributed by atoms with van der Waals surface area (Å²) >= 11 is 1.07. The first-order valence-electron chi connectivity index (χ1n) is 11.2. The molecule has 6 aromatic rings. The van der Waals surface area contributed by atoms with E-state index in [0.717, 1.165) is 50.5 Å². The van der Waals surface area contributed by atoms with Crippen LogP contribution in [0.25, 0.3) is 55.3 Å². The number of fused-ring (bicyclic) bond motifs is 2. The van der Waals surface area contributed by atoms with Gasteiger partial charge in [0.1, 0.15) is 23.6 Å². The predicted octanol–water partition coefficient (Wildman–Crippen LogP) is 4.77. The van der Waals surface area contributed by atoms with E-state index in [4.69, 9.17) is 9.72 Å². The number of ether oxygens (including phenoxy) is 1. The van der Waals surface area contributed by atoms with E-state index in [9.17, 15) is 4.39 Å². The fraction of sp³-hybridized carbons (Fsp3) is 0.160. The minimum atomic E-state index is -0.245. The van der Waals surface area contributed by atoms with Gasteiger partial charge in [0.15, 0.2) is 16.6 Å². The van der Waals surface area contributed by atoms with Crippen molar-refractivity contribution < 1.29 is 9.13 Å². The third-order valence-electron chi connectivity index (χ3n) is 5.71. The van der Waals surface area contributed by atoms with Gasteiger partial charge >= 0.3 is 0 Å². The fourth-order valence-corrected chi connectivity index (χ4v) is 4.68. The van der Waals surface area contributed by atoms with E-state index in [1.54, 1.807) is 30.9 Å². The highest BCUT2D eigenvalue weighted by Gasteiger charge is 2.17. The molecule has 0 aliphatic heterocycles. The Kier molecular flexibility index (Phi) is 5.62. The molecule has 11 heteroatoms. The zero-order valence-electron chi connectivity index (χ0n) is 19.5. The van der Waals surface area contributed by atoms with Crippen molar-refractivity contribution in [2.24, 2.45) is 0 Å². The van der Waals surface area contributed by atoms with E-state index in [1.807, 2.05) is 32.3 Å². The molecular weight excluding hydrogens is 479 g/mol. The van der Waals surface area contributed by atoms with Crippen LogP contribution in [-0.4, -0.2) is 67.3 Å². The van der Waals surface area contributed by atoms with E-state index in [2.05, 4.69) is 35.0 Å². The van der Waals surface area contributed by atoms with Gasteiger partial charge in [0.05, 0.1) is 23.6 Å². The highest BCUT2D eigenvalue weighted by molar-refractivity contribution is 7.14. The van der Waals surface area contributed by atoms with Crippen molar-refractivity contribution >= 4 is 33.4 Å². The van der Waals surface area contributed by atoms with Gasteiger partial charge in [-0.2, -0.15) is 9.49 Å². The molecule has 0 spiro atoms. The maximum Gasteiger partial charge on any atom is 0.176 e. The number of rotatable bonds is 7. The summed E-state index contributed by atoms with van der Waals surface area (Å²) in [7, 11) is 4.00. The molecule has 0 atom stereocenters. The molecule has 6 rings (SSSR count). The highest BCUT2D eigenvalue weighted by Crippen LogP contribution is 2.34. The van der Waals surface area contributed by atoms with Crippen LogP contribution in [0.1, 0.15) is 0 Å². The molecule has 0 aromatic carbocycles. The number of pyridine rings is 3. The van der Waals surface area contributed by atoms with Crippen LogP contribution in [0.4, 0.5) is 4.39 Å². The van der Waals surface area contributed by atoms with E-state index >= 15 is 0 Å². The quantitative estimate of drug-likeness (QED) is 0.325. The van der Waals surface area contributed by atoms with Crippen LogP contribution in [0.3, 0.4) is 0 Å². The first-order chi connectivity index (χ1) is 17.5. The number of thiophene rings is 1. The molecule has 2 N–H and O–H groups in total. The maximum atomic E-state index is 13.7. The number of aromatic amines is 2. The Balaban J connectivity index is 1.37. The van der Waals surface area contributed by atoms with Crippen LogP contribution >= 0.6 is 11.3 Å². The number of nitrogens with zero attached hydrogens (tertiary/aromatic N) is 6. The number of aromatic nitrogens is 7. The first kappa shape index (κ1) is 22.3. The molecule has 6 aromatic heterocycles. The van der Waals surface area contributed by atoms with Gasteiger partial charge in [-0.05, 0) is 44.4 Å². The minimum absolute atomic E-state index is 0.245. The summed E-state index contributed by atoms with van der Waals surface area (Å²) in [6, 6.07) is 8.91. The molecule has 0 fully saturated rings. The molecular formula is C25H21FN8OS. The van der Waals surface area contributed by atoms with Crippen molar-refractivity contribution in [2.75, 3.05) is 27.2 Å². The zero-order chi connectivity index (χ0) is 24.6. The normalized spacial score (nSPS) is 11.7. The topological polar surface area (TPSA) is 109 Å². The summed E-state index contributed by atoms with van der Waals surface area (Å²) < 4.78 is 19.5. The molecule has 36 heavy (non-hydrogen) atoms. The molecule has 0 bridgehead atoms. The Labute approximate surface area is 209 Å². The lowest BCUT2D eigenvalue weighted by atomic mass is 10.1. The molecule has 0 radical (unpaired) electrons. The largest absolute Gasteiger partial charge is 0.491 e. The van der Waals surface area contributed by atoms with Crippen molar-refractivity contribution in [1.82, 2.24) is 40.0 Å². The van der Waals surface area contributed by atoms with Crippen molar-refractivity contribution in [3.05, 3.63) is 60.3 Å². The Morgan fingerprint density at radius 3 is 2.83 bits per heavy atom. The van der Waals surface area contributed by atoms with Gasteiger partial charge in [0, 0.05) is 40.3 Å². The highest BCUT2D eigenvalue weighted by atomic mass is 32.1. The average Bonchev–Trinajstić information content (AvgIpc) is 3.61. The number of likely N-dealkylation sites (N-methyl/N-ethyl adjacent to an activating group) is 1. The summed E-state index contributed by atoms with van der Waals surface area (Å²) in [5.41, 5.74) is 5.06. The van der Waals surface area contributed by atoms with Crippen molar-refractivity contribution in [2.45, 2.75) is 0 Å². The van der Waals surface area contributed by atoms with Crippen LogP contribution in [0.5, 0.6) is 5.75 Å². The Hall–Kier alpha value is -4.22. The number of imidazole rings is 1. The maximum absolute atomic E-state index is 13.7. The summed E-state index contributed by atoms with van der Waals surface area (Å²) in [5, 5.41) is 8.12. The molecule has 0 saturated carbocycles. The average molecular weight is 501 g/mol. The monoisotopic (exact) mass is 500 g/mol. The molecule has 0 aliphatic rings. The van der Waals surface area contributed by atoms with E-state index in [1.165, 1.54) is 6.07 Å². The molecule has 0 saturated heterocycles. The Bertz CT molecular complexity index is 1690. The molecule has 0 amide bonds. The van der Waals surface area contributed by atoms with E-state index in [0.29, 0.717) is 35.0 Å². The SMILES string of the molecule is CN(C)CCOc1cncc(-c2cc3c(-c4nc5c(-c6ccc(F)s6)ccnc5[nH]4)n[nH]c3cn2)c1. The molecule has 0 unspecified atom stereocenters. The predicted molar refractivity (Wildman–Crippen MR) is 137 cm³/mol. The Morgan fingerprint density at radius 2 is 2.00 bits per heavy atom. The van der Waals surface area contributed by atoms with E-state index in [-0.39, 0.29) is 5.13 Å². The van der Waals surface area contributed by atoms with Crippen LogP contribution in [0, 0.1) is 5.13 Å². The van der Waals surface area contributed by atoms with E-state index < -0.39 is 0 Å². The van der Waals surface area contributed by atoms with Gasteiger partial charge in [-0.15, -0.1) is 11.3 Å². The van der Waals surface area contributed by atoms with Gasteiger partial charge in [0.2, 0.25) is 0 Å². The number of halogens is 1. The van der Waals surface area contributed by atoms with Gasteiger partial charge < -0.3 is 14.6 Å². The van der Waals surface area contributed by atoms with Crippen LogP contribution < -0.4 is 4.74 Å². The summed E-state index contributed by atoms with van der Waals surface area (Å²) in [4.78, 5) is 24.2. The molecule has 0 aliphatic carbocycles. The van der Waals surface area contributed by atoms with Gasteiger partial charge in [-0.25, -0.2) is 9.97 Å². The second-order valence-electron chi connectivity index (χ2n) is 8.49. The van der Waals surface area contributed by atoms with Crippen molar-refractivity contribution in [3.63, 3.8) is 0 Å². The second kappa shape index (κ2) is 9.10. The zero-order valence-corrected chi connectivity index (χ0v) is 20.3. The molecule has 180 valence electrons. The standard InChI is InChI=1S/C25H21FN8OS/c1-34(2)7-8-35-15-9-14(11-27-12-15)18-10-17-19(13-29-18)32-33-23(17)25-30-22-16(5-6-28-24(22)31-25)20-3-4-21(26)36-20/h3-6,9-13H,7-8H2,1-2H3,(H,32,33)(H,28,30,31). The van der Waals surface area contributed by atoms with Crippen LogP contribution in [0.15, 0.2) is 55.1 Å². The fourth-order valence-electron chi connectivity index (χ4n) is 3.92. The first-order valence-corrected chi connectivity index (χ1v) is 12.0. The molecule has 9 nitrogen and oxygen atoms in total. The summed E-state index contributed by atoms with van der Waals surface area (Å²) in [5.74, 6) is 1.24. The Morgan fingerprint density at radius 1 is 1.08 bits per heavy atom. The smallest absolute Gasteiger partial charge is 0.176 e. The number of hydrogen-bond acceptors (Lipinski definition) is 8. The van der Waals surface area contributed by atoms with Crippen molar-refractivity contribution in [1.29, 1.82) is 0 Å². The van der Waals surface area contributed by atoms with Gasteiger partial charge in [-0.3, -0.25) is 15.1 Å². The second-order valence-corrected chi connectivity index (χ2v) is 9.53. The number of hydrogen-bond donors (Lipinski definition) is 2. The lowest BCUT2D eigenvalue weighted by Gasteiger charge is -2.11. The van der Waals surface area contributed by atoms with Crippen molar-refractivity contribution in [3.8, 4) is 39.0 Å². The number of H-pyrrole nitrogens is 2. The summed E-state index contributed by atoms with van der Waals surface area (Å²) in [6.45, 7) is 1.37. The summed E-state index contributed by atoms with van der Waals surface area (Å²) in [6.07, 6.45) is 6.87. The number of nitrogens with one attached hydrogen (secondary N) is 2. The minimum Gasteiger partial charge on any atom is -0.491 e. The molecule has 6 heterocycles. The van der Waals surface area contributed by atoms with Crippen LogP contribution in [-0.2, 0) is 0 Å². The lowest BCUT2D eigenvalue weighted by Crippen LogP contribution is -2.19. The third kappa shape index (κ3) is 4.18. The van der Waals surface area contributed by atoms with Gasteiger partial charge in [0.25, 0.3) is 0 Å². The lowest BCUT2D eigenvalue weighted by molar-refractivity contribution is 0.261. The van der Waals surface area contributed by atoms with Gasteiger partial charge in [-0.1, -0.05) is 0 Å².